The van der Waals surface area contributed by atoms with Gasteiger partial charge in [-0.15, -0.1) is 0 Å². The lowest BCUT2D eigenvalue weighted by molar-refractivity contribution is -0.963. The van der Waals surface area contributed by atoms with Crippen molar-refractivity contribution in [2.75, 3.05) is 44.2 Å². The Labute approximate surface area is 203 Å². The molecule has 0 atom stereocenters. The van der Waals surface area contributed by atoms with E-state index in [1.165, 1.54) is 85.2 Å². The standard InChI is InChI=1S/C30H36N4/c1-2-34-29-11-7-6-10-27(29)28-22-24(12-13-30(28)34)23-31-16-14-26(15-17-31)33-20-18-32(19-21-33)25-8-4-3-5-9-25/h3-13,22,26H,2,14-21,23H2,1H3/p+2. The predicted molar refractivity (Wildman–Crippen MR) is 142 cm³/mol. The van der Waals surface area contributed by atoms with E-state index in [4.69, 9.17) is 0 Å². The number of benzene rings is 3. The molecule has 3 heterocycles. The molecule has 0 saturated carbocycles. The smallest absolute Gasteiger partial charge is 0.103 e. The molecule has 0 aliphatic carbocycles. The Morgan fingerprint density at radius 3 is 2.24 bits per heavy atom. The fourth-order valence-electron chi connectivity index (χ4n) is 6.55. The zero-order valence-corrected chi connectivity index (χ0v) is 20.5. The van der Waals surface area contributed by atoms with Crippen LogP contribution in [0.1, 0.15) is 25.3 Å². The third-order valence-electron chi connectivity index (χ3n) is 8.40. The van der Waals surface area contributed by atoms with Gasteiger partial charge in [0.2, 0.25) is 0 Å². The van der Waals surface area contributed by atoms with Crippen molar-refractivity contribution < 1.29 is 9.80 Å². The lowest BCUT2D eigenvalue weighted by Crippen LogP contribution is -3.21. The molecule has 2 N–H and O–H groups in total. The Hall–Kier alpha value is -2.82. The fourth-order valence-corrected chi connectivity index (χ4v) is 6.55. The maximum atomic E-state index is 2.57. The summed E-state index contributed by atoms with van der Waals surface area (Å²) in [5, 5.41) is 2.82. The summed E-state index contributed by atoms with van der Waals surface area (Å²) < 4.78 is 2.45. The summed E-state index contributed by atoms with van der Waals surface area (Å²) in [5.41, 5.74) is 5.61. The second-order valence-corrected chi connectivity index (χ2v) is 10.3. The summed E-state index contributed by atoms with van der Waals surface area (Å²) in [6, 6.07) is 27.9. The number of piperazine rings is 1. The highest BCUT2D eigenvalue weighted by atomic mass is 15.3. The Morgan fingerprint density at radius 1 is 0.765 bits per heavy atom. The molecule has 0 bridgehead atoms. The fraction of sp³-hybridized carbons (Fsp3) is 0.400. The van der Waals surface area contributed by atoms with Crippen LogP contribution in [0.2, 0.25) is 0 Å². The molecule has 4 heteroatoms. The number of aromatic nitrogens is 1. The second-order valence-electron chi connectivity index (χ2n) is 10.3. The molecule has 4 aromatic rings. The van der Waals surface area contributed by atoms with Crippen molar-refractivity contribution in [3.8, 4) is 0 Å². The van der Waals surface area contributed by atoms with Gasteiger partial charge in [0, 0.05) is 52.4 Å². The first-order valence-corrected chi connectivity index (χ1v) is 13.3. The molecule has 2 aliphatic heterocycles. The first-order chi connectivity index (χ1) is 16.8. The lowest BCUT2D eigenvalue weighted by atomic mass is 10.0. The van der Waals surface area contributed by atoms with E-state index in [-0.39, 0.29) is 0 Å². The molecule has 0 amide bonds. The minimum Gasteiger partial charge on any atom is -0.360 e. The van der Waals surface area contributed by atoms with Crippen molar-refractivity contribution in [3.05, 3.63) is 78.4 Å². The van der Waals surface area contributed by atoms with Crippen molar-refractivity contribution in [2.24, 2.45) is 0 Å². The molecule has 3 aromatic carbocycles. The number of piperidine rings is 1. The number of para-hydroxylation sites is 2. The van der Waals surface area contributed by atoms with E-state index in [1.54, 1.807) is 4.90 Å². The summed E-state index contributed by atoms with van der Waals surface area (Å²) >= 11 is 0. The first-order valence-electron chi connectivity index (χ1n) is 13.3. The lowest BCUT2D eigenvalue weighted by Gasteiger charge is -2.39. The van der Waals surface area contributed by atoms with Crippen molar-refractivity contribution in [3.63, 3.8) is 0 Å². The number of nitrogens with one attached hydrogen (secondary N) is 2. The van der Waals surface area contributed by atoms with Crippen LogP contribution in [0.25, 0.3) is 21.8 Å². The van der Waals surface area contributed by atoms with Gasteiger partial charge in [0.25, 0.3) is 0 Å². The third-order valence-corrected chi connectivity index (χ3v) is 8.40. The van der Waals surface area contributed by atoms with Crippen molar-refractivity contribution in [1.29, 1.82) is 0 Å². The van der Waals surface area contributed by atoms with Crippen molar-refractivity contribution >= 4 is 27.5 Å². The summed E-state index contributed by atoms with van der Waals surface area (Å²) in [4.78, 5) is 6.17. The topological polar surface area (TPSA) is 17.1 Å². The quantitative estimate of drug-likeness (QED) is 0.474. The molecular weight excluding hydrogens is 416 g/mol. The molecule has 34 heavy (non-hydrogen) atoms. The van der Waals surface area contributed by atoms with E-state index in [2.05, 4.69) is 89.2 Å². The van der Waals surface area contributed by atoms with Crippen molar-refractivity contribution in [1.82, 2.24) is 4.57 Å². The Morgan fingerprint density at radius 2 is 1.47 bits per heavy atom. The number of nitrogens with zero attached hydrogens (tertiary/aromatic N) is 2. The normalized spacial score (nSPS) is 22.0. The van der Waals surface area contributed by atoms with E-state index in [0.717, 1.165) is 19.1 Å². The molecule has 2 saturated heterocycles. The third kappa shape index (κ3) is 4.10. The molecule has 2 fully saturated rings. The summed E-state index contributed by atoms with van der Waals surface area (Å²) in [6.45, 7) is 12.0. The number of quaternary nitrogens is 2. The van der Waals surface area contributed by atoms with E-state index < -0.39 is 0 Å². The average molecular weight is 455 g/mol. The largest absolute Gasteiger partial charge is 0.360 e. The minimum absolute atomic E-state index is 0.853. The Balaban J connectivity index is 1.07. The van der Waals surface area contributed by atoms with Crippen molar-refractivity contribution in [2.45, 2.75) is 38.9 Å². The summed E-state index contributed by atoms with van der Waals surface area (Å²) in [5.74, 6) is 0. The van der Waals surface area contributed by atoms with Gasteiger partial charge in [-0.1, -0.05) is 42.5 Å². The highest BCUT2D eigenvalue weighted by Crippen LogP contribution is 2.29. The van der Waals surface area contributed by atoms with Gasteiger partial charge >= 0.3 is 0 Å². The molecule has 6 rings (SSSR count). The SMILES string of the molecule is CCn1c2ccccc2c2cc(C[NH+]3CCC([NH+]4CCN(c5ccccc5)CC4)CC3)ccc21. The Bertz CT molecular complexity index is 1250. The predicted octanol–water partition coefficient (Wildman–Crippen LogP) is 2.77. The molecule has 4 nitrogen and oxygen atoms in total. The molecule has 0 spiro atoms. The van der Waals surface area contributed by atoms with Crippen LogP contribution >= 0.6 is 0 Å². The van der Waals surface area contributed by atoms with E-state index in [1.807, 2.05) is 4.90 Å². The van der Waals surface area contributed by atoms with E-state index >= 15 is 0 Å². The minimum atomic E-state index is 0.853. The average Bonchev–Trinajstić information content (AvgIpc) is 3.23. The van der Waals surface area contributed by atoms with Gasteiger partial charge in [-0.3, -0.25) is 0 Å². The number of anilines is 1. The first kappa shape index (κ1) is 21.7. The number of rotatable bonds is 5. The van der Waals surface area contributed by atoms with Gasteiger partial charge in [-0.25, -0.2) is 0 Å². The molecule has 2 aliphatic rings. The van der Waals surface area contributed by atoms with Crippen LogP contribution in [0, 0.1) is 0 Å². The Kier molecular flexibility index (Phi) is 6.02. The monoisotopic (exact) mass is 454 g/mol. The number of likely N-dealkylation sites (tertiary alicyclic amines) is 1. The zero-order valence-electron chi connectivity index (χ0n) is 20.5. The number of hydrogen-bond acceptors (Lipinski definition) is 1. The van der Waals surface area contributed by atoms with Gasteiger partial charge in [0.15, 0.2) is 0 Å². The van der Waals surface area contributed by atoms with Gasteiger partial charge in [0.1, 0.15) is 6.54 Å². The second kappa shape index (κ2) is 9.44. The van der Waals surface area contributed by atoms with Crippen LogP contribution in [0.15, 0.2) is 72.8 Å². The van der Waals surface area contributed by atoms with Gasteiger partial charge in [-0.2, -0.15) is 0 Å². The molecule has 176 valence electrons. The molecule has 1 aromatic heterocycles. The van der Waals surface area contributed by atoms with Crippen LogP contribution < -0.4 is 14.7 Å². The van der Waals surface area contributed by atoms with Crippen LogP contribution in [0.3, 0.4) is 0 Å². The summed E-state index contributed by atoms with van der Waals surface area (Å²) in [7, 11) is 0. The number of aryl methyl sites for hydroxylation is 1. The molecule has 0 radical (unpaired) electrons. The van der Waals surface area contributed by atoms with E-state index in [0.29, 0.717) is 0 Å². The van der Waals surface area contributed by atoms with Crippen LogP contribution in [-0.2, 0) is 13.1 Å². The van der Waals surface area contributed by atoms with Gasteiger partial charge in [-0.05, 0) is 37.3 Å². The van der Waals surface area contributed by atoms with E-state index in [9.17, 15) is 0 Å². The van der Waals surface area contributed by atoms with Gasteiger partial charge < -0.3 is 19.3 Å². The number of hydrogen-bond donors (Lipinski definition) is 2. The molecular formula is C30H38N4+2. The molecule has 0 unspecified atom stereocenters. The number of fused-ring (bicyclic) bond motifs is 3. The van der Waals surface area contributed by atoms with Crippen LogP contribution in [0.4, 0.5) is 5.69 Å². The van der Waals surface area contributed by atoms with Gasteiger partial charge in [0.05, 0.1) is 45.3 Å². The highest BCUT2D eigenvalue weighted by molar-refractivity contribution is 6.08. The zero-order chi connectivity index (χ0) is 22.9. The van der Waals surface area contributed by atoms with Crippen LogP contribution in [0.5, 0.6) is 0 Å². The maximum absolute atomic E-state index is 2.57. The summed E-state index contributed by atoms with van der Waals surface area (Å²) in [6.07, 6.45) is 2.74. The highest BCUT2D eigenvalue weighted by Gasteiger charge is 2.32. The van der Waals surface area contributed by atoms with Crippen LogP contribution in [-0.4, -0.2) is 49.9 Å². The maximum Gasteiger partial charge on any atom is 0.103 e.